The van der Waals surface area contributed by atoms with Gasteiger partial charge in [-0.3, -0.25) is 19.3 Å². The Bertz CT molecular complexity index is 780. The summed E-state index contributed by atoms with van der Waals surface area (Å²) in [5, 5.41) is 9.49. The molecule has 10 heteroatoms. The van der Waals surface area contributed by atoms with Crippen LogP contribution < -0.4 is 4.74 Å². The number of benzene rings is 1. The molecule has 1 N–H and O–H groups in total. The third kappa shape index (κ3) is 4.18. The lowest BCUT2D eigenvalue weighted by Crippen LogP contribution is -2.34. The first-order valence-corrected chi connectivity index (χ1v) is 9.36. The molecule has 1 aromatic carbocycles. The van der Waals surface area contributed by atoms with E-state index in [1.54, 1.807) is 13.0 Å². The number of hydrogen-bond donors (Lipinski definition) is 1. The van der Waals surface area contributed by atoms with Crippen LogP contribution in [0.3, 0.4) is 0 Å². The Morgan fingerprint density at radius 3 is 2.64 bits per heavy atom. The van der Waals surface area contributed by atoms with Crippen LogP contribution in [0, 0.1) is 0 Å². The quantitative estimate of drug-likeness (QED) is 0.494. The molecule has 0 aromatic heterocycles. The van der Waals surface area contributed by atoms with Crippen LogP contribution in [-0.4, -0.2) is 47.4 Å². The van der Waals surface area contributed by atoms with E-state index in [2.05, 4.69) is 36.6 Å². The summed E-state index contributed by atoms with van der Waals surface area (Å²) in [7, 11) is 1.18. The molecule has 1 fully saturated rings. The number of methoxy groups -OCH3 is 1. The maximum atomic E-state index is 12.3. The summed E-state index contributed by atoms with van der Waals surface area (Å²) in [6, 6.07) is 1.54. The number of rotatable bonds is 5. The molecule has 134 valence electrons. The molecule has 7 nitrogen and oxygen atoms in total. The number of esters is 1. The lowest BCUT2D eigenvalue weighted by atomic mass is 10.2. The molecule has 0 atom stereocenters. The molecule has 0 aliphatic carbocycles. The van der Waals surface area contributed by atoms with Crippen LogP contribution in [0.2, 0.25) is 0 Å². The minimum absolute atomic E-state index is 0.0790. The van der Waals surface area contributed by atoms with Crippen LogP contribution in [0.4, 0.5) is 4.79 Å². The third-order valence-corrected chi connectivity index (χ3v) is 6.21. The van der Waals surface area contributed by atoms with Gasteiger partial charge < -0.3 is 14.6 Å². The highest BCUT2D eigenvalue weighted by atomic mass is 79.9. The van der Waals surface area contributed by atoms with Gasteiger partial charge in [0, 0.05) is 4.47 Å². The number of aromatic hydroxyl groups is 1. The Labute approximate surface area is 164 Å². The van der Waals surface area contributed by atoms with Crippen molar-refractivity contribution in [2.45, 2.75) is 6.92 Å². The second-order valence-electron chi connectivity index (χ2n) is 4.72. The summed E-state index contributed by atoms with van der Waals surface area (Å²) >= 11 is 7.29. The number of carbonyl (C=O) groups is 3. The number of hydrogen-bond acceptors (Lipinski definition) is 7. The Morgan fingerprint density at radius 2 is 2.04 bits per heavy atom. The molecule has 0 saturated carbocycles. The van der Waals surface area contributed by atoms with Crippen LogP contribution in [0.15, 0.2) is 19.9 Å². The number of carbonyl (C=O) groups excluding carboxylic acids is 3. The van der Waals surface area contributed by atoms with E-state index in [9.17, 15) is 19.5 Å². The number of halogens is 2. The van der Waals surface area contributed by atoms with Gasteiger partial charge in [0.05, 0.1) is 23.1 Å². The summed E-state index contributed by atoms with van der Waals surface area (Å²) in [5.41, 5.74) is 0.525. The van der Waals surface area contributed by atoms with E-state index >= 15 is 0 Å². The fraction of sp³-hybridized carbons (Fsp3) is 0.267. The maximum absolute atomic E-state index is 12.3. The zero-order valence-electron chi connectivity index (χ0n) is 13.2. The van der Waals surface area contributed by atoms with Gasteiger partial charge >= 0.3 is 5.97 Å². The Balaban J connectivity index is 2.39. The molecule has 0 radical (unpaired) electrons. The van der Waals surface area contributed by atoms with Gasteiger partial charge in [0.1, 0.15) is 6.54 Å². The van der Waals surface area contributed by atoms with Gasteiger partial charge in [-0.15, -0.1) is 0 Å². The number of phenols is 1. The lowest BCUT2D eigenvalue weighted by Gasteiger charge is -2.12. The molecule has 2 rings (SSSR count). The zero-order chi connectivity index (χ0) is 18.7. The molecule has 0 bridgehead atoms. The summed E-state index contributed by atoms with van der Waals surface area (Å²) in [6.07, 6.45) is 1.49. The summed E-state index contributed by atoms with van der Waals surface area (Å²) < 4.78 is 10.7. The highest BCUT2D eigenvalue weighted by Crippen LogP contribution is 2.43. The van der Waals surface area contributed by atoms with E-state index in [-0.39, 0.29) is 16.4 Å². The van der Waals surface area contributed by atoms with E-state index in [0.29, 0.717) is 21.1 Å². The van der Waals surface area contributed by atoms with Gasteiger partial charge in [-0.2, -0.15) is 0 Å². The van der Waals surface area contributed by atoms with Crippen molar-refractivity contribution in [2.24, 2.45) is 0 Å². The summed E-state index contributed by atoms with van der Waals surface area (Å²) in [4.78, 5) is 36.6. The van der Waals surface area contributed by atoms with Crippen molar-refractivity contribution >= 4 is 66.8 Å². The van der Waals surface area contributed by atoms with Crippen molar-refractivity contribution < 1.29 is 29.0 Å². The molecule has 1 aliphatic heterocycles. The van der Waals surface area contributed by atoms with Crippen molar-refractivity contribution in [3.05, 3.63) is 25.5 Å². The fourth-order valence-electron chi connectivity index (χ4n) is 1.95. The molecule has 25 heavy (non-hydrogen) atoms. The average Bonchev–Trinajstić information content (AvgIpc) is 2.84. The molecule has 1 heterocycles. The number of thioether (sulfide) groups is 1. The van der Waals surface area contributed by atoms with Crippen molar-refractivity contribution in [3.63, 3.8) is 0 Å². The molecule has 2 amide bonds. The first-order valence-electron chi connectivity index (χ1n) is 6.96. The summed E-state index contributed by atoms with van der Waals surface area (Å²) in [6.45, 7) is 1.67. The van der Waals surface area contributed by atoms with Crippen molar-refractivity contribution in [1.29, 1.82) is 0 Å². The van der Waals surface area contributed by atoms with E-state index in [0.717, 1.165) is 16.7 Å². The highest BCUT2D eigenvalue weighted by Gasteiger charge is 2.36. The van der Waals surface area contributed by atoms with Gasteiger partial charge in [0.2, 0.25) is 0 Å². The largest absolute Gasteiger partial charge is 0.503 e. The van der Waals surface area contributed by atoms with E-state index < -0.39 is 23.7 Å². The second kappa shape index (κ2) is 8.24. The van der Waals surface area contributed by atoms with Crippen LogP contribution in [0.25, 0.3) is 6.08 Å². The lowest BCUT2D eigenvalue weighted by molar-refractivity contribution is -0.143. The topological polar surface area (TPSA) is 93.1 Å². The van der Waals surface area contributed by atoms with Gasteiger partial charge in [-0.1, -0.05) is 0 Å². The molecular formula is C15H13Br2NO6S. The van der Waals surface area contributed by atoms with Crippen molar-refractivity contribution in [1.82, 2.24) is 4.90 Å². The first-order chi connectivity index (χ1) is 11.8. The molecule has 0 spiro atoms. The van der Waals surface area contributed by atoms with Crippen molar-refractivity contribution in [2.75, 3.05) is 20.3 Å². The van der Waals surface area contributed by atoms with Crippen LogP contribution in [0.5, 0.6) is 11.5 Å². The van der Waals surface area contributed by atoms with Gasteiger partial charge in [0.25, 0.3) is 11.1 Å². The number of ether oxygens (including phenoxy) is 2. The van der Waals surface area contributed by atoms with E-state index in [4.69, 9.17) is 4.74 Å². The molecule has 1 aromatic rings. The Kier molecular flexibility index (Phi) is 6.53. The van der Waals surface area contributed by atoms with E-state index in [1.165, 1.54) is 13.2 Å². The molecule has 1 saturated heterocycles. The minimum atomic E-state index is -0.684. The SMILES string of the molecule is CCOc1cc(/C=C2\SC(=O)N(CC(=O)OC)C2=O)c(Br)c(Br)c1O. The summed E-state index contributed by atoms with van der Waals surface area (Å²) in [5.74, 6) is -1.12. The van der Waals surface area contributed by atoms with Crippen LogP contribution >= 0.6 is 43.6 Å². The average molecular weight is 495 g/mol. The van der Waals surface area contributed by atoms with Gasteiger partial charge in [-0.25, -0.2) is 0 Å². The standard InChI is InChI=1S/C15H13Br2NO6S/c1-3-24-8-4-7(11(16)12(17)13(8)20)5-9-14(21)18(15(22)25-9)6-10(19)23-2/h4-5,20H,3,6H2,1-2H3/b9-5-. The number of phenolic OH excluding ortho intramolecular Hbond substituents is 1. The number of nitrogens with zero attached hydrogens (tertiary/aromatic N) is 1. The Hall–Kier alpha value is -1.52. The minimum Gasteiger partial charge on any atom is -0.503 e. The predicted octanol–water partition coefficient (Wildman–Crippen LogP) is 3.53. The third-order valence-electron chi connectivity index (χ3n) is 3.15. The van der Waals surface area contributed by atoms with Crippen LogP contribution in [-0.2, 0) is 14.3 Å². The van der Waals surface area contributed by atoms with Crippen molar-refractivity contribution in [3.8, 4) is 11.5 Å². The van der Waals surface area contributed by atoms with E-state index in [1.807, 2.05) is 0 Å². The predicted molar refractivity (Wildman–Crippen MR) is 99.4 cm³/mol. The monoisotopic (exact) mass is 493 g/mol. The fourth-order valence-corrected chi connectivity index (χ4v) is 3.62. The zero-order valence-corrected chi connectivity index (χ0v) is 17.2. The second-order valence-corrected chi connectivity index (χ2v) is 7.30. The molecule has 1 aliphatic rings. The normalized spacial score (nSPS) is 15.8. The van der Waals surface area contributed by atoms with Gasteiger partial charge in [0.15, 0.2) is 11.5 Å². The first kappa shape index (κ1) is 19.8. The molecular weight excluding hydrogens is 482 g/mol. The van der Waals surface area contributed by atoms with Crippen LogP contribution in [0.1, 0.15) is 12.5 Å². The smallest absolute Gasteiger partial charge is 0.325 e. The maximum Gasteiger partial charge on any atom is 0.325 e. The number of imide groups is 1. The Morgan fingerprint density at radius 1 is 1.36 bits per heavy atom. The highest BCUT2D eigenvalue weighted by molar-refractivity contribution is 9.13. The number of amides is 2. The molecule has 0 unspecified atom stereocenters. The van der Waals surface area contributed by atoms with Gasteiger partial charge in [-0.05, 0) is 68.3 Å².